The highest BCUT2D eigenvalue weighted by atomic mass is 16.6. The normalized spacial score (nSPS) is 12.5. The highest BCUT2D eigenvalue weighted by Crippen LogP contribution is 2.32. The first-order chi connectivity index (χ1) is 15.6. The molecule has 0 fully saturated rings. The Morgan fingerprint density at radius 3 is 2.33 bits per heavy atom. The number of nitrogens with zero attached hydrogens (tertiary/aromatic N) is 1. The SMILES string of the molecule is CC(=O)N1CCCc2cc(-c3cccc(NC(=O)CC(C)C)c3)ccc21.CC(C)OC(N)=O. The van der Waals surface area contributed by atoms with Crippen molar-refractivity contribution in [3.8, 4) is 11.1 Å². The first-order valence-corrected chi connectivity index (χ1v) is 11.3. The van der Waals surface area contributed by atoms with Gasteiger partial charge in [0.2, 0.25) is 11.8 Å². The van der Waals surface area contributed by atoms with Crippen LogP contribution in [0.5, 0.6) is 0 Å². The maximum atomic E-state index is 12.0. The van der Waals surface area contributed by atoms with Gasteiger partial charge in [-0.25, -0.2) is 4.79 Å². The Kier molecular flexibility index (Phi) is 9.45. The second-order valence-corrected chi connectivity index (χ2v) is 8.83. The third-order valence-electron chi connectivity index (χ3n) is 5.00. The van der Waals surface area contributed by atoms with E-state index < -0.39 is 6.09 Å². The topological polar surface area (TPSA) is 102 Å². The molecule has 0 spiro atoms. The molecule has 7 nitrogen and oxygen atoms in total. The van der Waals surface area contributed by atoms with E-state index in [2.05, 4.69) is 27.9 Å². The van der Waals surface area contributed by atoms with E-state index in [1.165, 1.54) is 5.56 Å². The number of anilines is 2. The van der Waals surface area contributed by atoms with Crippen LogP contribution in [0.2, 0.25) is 0 Å². The Morgan fingerprint density at radius 2 is 1.76 bits per heavy atom. The van der Waals surface area contributed by atoms with Crippen LogP contribution in [-0.2, 0) is 20.7 Å². The number of primary amides is 1. The van der Waals surface area contributed by atoms with E-state index in [0.717, 1.165) is 41.9 Å². The Morgan fingerprint density at radius 1 is 1.06 bits per heavy atom. The summed E-state index contributed by atoms with van der Waals surface area (Å²) in [6.07, 6.45) is 1.68. The van der Waals surface area contributed by atoms with Gasteiger partial charge in [-0.15, -0.1) is 0 Å². The summed E-state index contributed by atoms with van der Waals surface area (Å²) in [5, 5.41) is 2.98. The maximum absolute atomic E-state index is 12.0. The smallest absolute Gasteiger partial charge is 0.404 e. The van der Waals surface area contributed by atoms with Crippen molar-refractivity contribution in [1.29, 1.82) is 0 Å². The van der Waals surface area contributed by atoms with Crippen LogP contribution >= 0.6 is 0 Å². The molecule has 7 heteroatoms. The van der Waals surface area contributed by atoms with E-state index in [9.17, 15) is 14.4 Å². The molecule has 0 atom stereocenters. The van der Waals surface area contributed by atoms with E-state index >= 15 is 0 Å². The molecule has 0 aliphatic carbocycles. The van der Waals surface area contributed by atoms with Gasteiger partial charge < -0.3 is 20.7 Å². The molecule has 178 valence electrons. The number of amides is 3. The molecule has 0 bridgehead atoms. The Bertz CT molecular complexity index is 985. The number of hydrogen-bond acceptors (Lipinski definition) is 4. The zero-order valence-electron chi connectivity index (χ0n) is 20.2. The third kappa shape index (κ3) is 8.25. The molecule has 2 aromatic carbocycles. The van der Waals surface area contributed by atoms with Crippen molar-refractivity contribution in [1.82, 2.24) is 0 Å². The zero-order valence-corrected chi connectivity index (χ0v) is 20.2. The van der Waals surface area contributed by atoms with Crippen molar-refractivity contribution < 1.29 is 19.1 Å². The highest BCUT2D eigenvalue weighted by Gasteiger charge is 2.20. The Balaban J connectivity index is 0.000000479. The summed E-state index contributed by atoms with van der Waals surface area (Å²) in [5.41, 5.74) is 9.85. The fraction of sp³-hybridized carbons (Fsp3) is 0.423. The van der Waals surface area contributed by atoms with Gasteiger partial charge in [0.1, 0.15) is 0 Å². The van der Waals surface area contributed by atoms with Crippen LogP contribution in [0.1, 0.15) is 53.0 Å². The lowest BCUT2D eigenvalue weighted by atomic mass is 9.96. The molecular weight excluding hydrogens is 418 g/mol. The molecule has 3 N–H and O–H groups in total. The molecule has 0 unspecified atom stereocenters. The van der Waals surface area contributed by atoms with Crippen LogP contribution in [0.3, 0.4) is 0 Å². The molecule has 0 saturated heterocycles. The summed E-state index contributed by atoms with van der Waals surface area (Å²) in [7, 11) is 0. The number of benzene rings is 2. The Hall–Kier alpha value is -3.35. The van der Waals surface area contributed by atoms with Crippen LogP contribution < -0.4 is 16.0 Å². The van der Waals surface area contributed by atoms with Gasteiger partial charge in [0.25, 0.3) is 0 Å². The highest BCUT2D eigenvalue weighted by molar-refractivity contribution is 5.94. The number of carbonyl (C=O) groups excluding carboxylic acids is 3. The van der Waals surface area contributed by atoms with Gasteiger partial charge in [-0.1, -0.05) is 32.0 Å². The summed E-state index contributed by atoms with van der Waals surface area (Å²) in [6, 6.07) is 14.2. The van der Waals surface area contributed by atoms with Gasteiger partial charge >= 0.3 is 6.09 Å². The molecule has 1 aliphatic heterocycles. The maximum Gasteiger partial charge on any atom is 0.404 e. The minimum atomic E-state index is -0.713. The van der Waals surface area contributed by atoms with Gasteiger partial charge in [-0.2, -0.15) is 0 Å². The lowest BCUT2D eigenvalue weighted by Gasteiger charge is -2.29. The average molecular weight is 454 g/mol. The fourth-order valence-corrected chi connectivity index (χ4v) is 3.70. The molecule has 0 saturated carbocycles. The van der Waals surface area contributed by atoms with Crippen LogP contribution in [0.25, 0.3) is 11.1 Å². The second kappa shape index (κ2) is 12.0. The molecule has 2 aromatic rings. The molecule has 0 aromatic heterocycles. The van der Waals surface area contributed by atoms with Crippen LogP contribution in [0, 0.1) is 5.92 Å². The number of nitrogens with two attached hydrogens (primary N) is 1. The minimum Gasteiger partial charge on any atom is -0.447 e. The van der Waals surface area contributed by atoms with Crippen molar-refractivity contribution >= 4 is 29.3 Å². The third-order valence-corrected chi connectivity index (χ3v) is 5.00. The summed E-state index contributed by atoms with van der Waals surface area (Å²) < 4.78 is 4.39. The van der Waals surface area contributed by atoms with E-state index in [-0.39, 0.29) is 17.9 Å². The number of hydrogen-bond donors (Lipinski definition) is 2. The summed E-state index contributed by atoms with van der Waals surface area (Å²) in [6.45, 7) is 9.96. The zero-order chi connectivity index (χ0) is 24.5. The van der Waals surface area contributed by atoms with E-state index in [1.807, 2.05) is 49.1 Å². The first-order valence-electron chi connectivity index (χ1n) is 11.3. The summed E-state index contributed by atoms with van der Waals surface area (Å²) in [4.78, 5) is 35.5. The molecule has 0 radical (unpaired) electrons. The van der Waals surface area contributed by atoms with Crippen molar-refractivity contribution in [2.75, 3.05) is 16.8 Å². The van der Waals surface area contributed by atoms with Gasteiger partial charge in [-0.05, 0) is 73.6 Å². The molecule has 33 heavy (non-hydrogen) atoms. The molecule has 3 amide bonds. The van der Waals surface area contributed by atoms with Crippen molar-refractivity contribution in [3.63, 3.8) is 0 Å². The van der Waals surface area contributed by atoms with Gasteiger partial charge in [-0.3, -0.25) is 9.59 Å². The van der Waals surface area contributed by atoms with Crippen LogP contribution in [-0.4, -0.2) is 30.6 Å². The number of nitrogens with one attached hydrogen (secondary N) is 1. The van der Waals surface area contributed by atoms with E-state index in [1.54, 1.807) is 20.8 Å². The average Bonchev–Trinajstić information content (AvgIpc) is 2.71. The summed E-state index contributed by atoms with van der Waals surface area (Å²) >= 11 is 0. The van der Waals surface area contributed by atoms with E-state index in [0.29, 0.717) is 12.3 Å². The number of carbonyl (C=O) groups is 3. The van der Waals surface area contributed by atoms with Crippen molar-refractivity contribution in [2.24, 2.45) is 11.7 Å². The standard InChI is InChI=1S/C22H26N2O2.C4H9NO2/c1-15(2)12-22(26)23-20-8-4-6-17(14-20)18-9-10-21-19(13-18)7-5-11-24(21)16(3)25;1-3(2)7-4(5)6/h4,6,8-10,13-15H,5,7,11-12H2,1-3H3,(H,23,26);3H,1-2H3,(H2,5,6). The first kappa shape index (κ1) is 25.9. The van der Waals surface area contributed by atoms with Crippen LogP contribution in [0.15, 0.2) is 42.5 Å². The van der Waals surface area contributed by atoms with Gasteiger partial charge in [0.15, 0.2) is 0 Å². The number of aryl methyl sites for hydroxylation is 1. The second-order valence-electron chi connectivity index (χ2n) is 8.83. The number of ether oxygens (including phenoxy) is 1. The van der Waals surface area contributed by atoms with Gasteiger partial charge in [0.05, 0.1) is 6.10 Å². The molecular formula is C26H35N3O4. The van der Waals surface area contributed by atoms with Crippen molar-refractivity contribution in [2.45, 2.75) is 60.0 Å². The quantitative estimate of drug-likeness (QED) is 0.655. The fourth-order valence-electron chi connectivity index (χ4n) is 3.70. The van der Waals surface area contributed by atoms with E-state index in [4.69, 9.17) is 0 Å². The number of rotatable bonds is 5. The minimum absolute atomic E-state index is 0.0414. The summed E-state index contributed by atoms with van der Waals surface area (Å²) in [5.74, 6) is 0.469. The molecule has 3 rings (SSSR count). The number of fused-ring (bicyclic) bond motifs is 1. The Labute approximate surface area is 196 Å². The largest absolute Gasteiger partial charge is 0.447 e. The lowest BCUT2D eigenvalue weighted by Crippen LogP contribution is -2.33. The monoisotopic (exact) mass is 453 g/mol. The van der Waals surface area contributed by atoms with Crippen LogP contribution in [0.4, 0.5) is 16.2 Å². The van der Waals surface area contributed by atoms with Gasteiger partial charge in [0, 0.05) is 31.3 Å². The van der Waals surface area contributed by atoms with Crippen molar-refractivity contribution in [3.05, 3.63) is 48.0 Å². The lowest BCUT2D eigenvalue weighted by molar-refractivity contribution is -0.117. The predicted octanol–water partition coefficient (Wildman–Crippen LogP) is 5.13. The molecule has 1 aliphatic rings. The predicted molar refractivity (Wildman–Crippen MR) is 132 cm³/mol. The molecule has 1 heterocycles.